The zero-order valence-electron chi connectivity index (χ0n) is 9.74. The molecule has 0 bridgehead atoms. The van der Waals surface area contributed by atoms with Gasteiger partial charge in [-0.05, 0) is 0 Å². The number of ether oxygens (including phenoxy) is 1. The zero-order valence-corrected chi connectivity index (χ0v) is 9.74. The summed E-state index contributed by atoms with van der Waals surface area (Å²) >= 11 is 0. The summed E-state index contributed by atoms with van der Waals surface area (Å²) in [5.74, 6) is -3.68. The fourth-order valence-electron chi connectivity index (χ4n) is 1.17. The Morgan fingerprint density at radius 2 is 1.76 bits per heavy atom. The van der Waals surface area contributed by atoms with E-state index in [1.54, 1.807) is 21.1 Å². The molecule has 0 aromatic rings. The minimum Gasteiger partial charge on any atom is -0.481 e. The molecule has 0 aliphatic carbocycles. The number of rotatable bonds is 5. The van der Waals surface area contributed by atoms with Crippen molar-refractivity contribution in [1.29, 1.82) is 0 Å². The van der Waals surface area contributed by atoms with Gasteiger partial charge in [0.15, 0.2) is 6.10 Å². The zero-order chi connectivity index (χ0) is 13.9. The highest BCUT2D eigenvalue weighted by atomic mass is 19.4. The number of hydrogen-bond donors (Lipinski definition) is 1. The normalized spacial score (nSPS) is 14.2. The predicted molar refractivity (Wildman–Crippen MR) is 51.1 cm³/mol. The molecule has 17 heavy (non-hydrogen) atoms. The molecule has 100 valence electrons. The number of aliphatic carboxylic acids is 1. The van der Waals surface area contributed by atoms with Gasteiger partial charge in [0, 0.05) is 0 Å². The van der Waals surface area contributed by atoms with Gasteiger partial charge in [-0.3, -0.25) is 4.79 Å². The van der Waals surface area contributed by atoms with Crippen LogP contribution in [-0.4, -0.2) is 61.5 Å². The smallest absolute Gasteiger partial charge is 0.481 e. The lowest BCUT2D eigenvalue weighted by Gasteiger charge is -2.28. The van der Waals surface area contributed by atoms with Crippen molar-refractivity contribution in [3.8, 4) is 0 Å². The molecular formula is C9H15F3NO4+. The van der Waals surface area contributed by atoms with Crippen molar-refractivity contribution in [3.63, 3.8) is 0 Å². The molecule has 0 fully saturated rings. The molecule has 1 N–H and O–H groups in total. The SMILES string of the molecule is C[N+](C)(C)C[C@@H](CC(=O)O)OC(=O)C(F)(F)F. The standard InChI is InChI=1S/C9H14F3NO4/c1-13(2,3)5-6(4-7(14)15)17-8(16)9(10,11)12/h6H,4-5H2,1-3H3/p+1/t6-/m1/s1. The van der Waals surface area contributed by atoms with Crippen LogP contribution in [0.3, 0.4) is 0 Å². The predicted octanol–water partition coefficient (Wildman–Crippen LogP) is 0.641. The van der Waals surface area contributed by atoms with E-state index in [9.17, 15) is 22.8 Å². The van der Waals surface area contributed by atoms with Crippen LogP contribution in [-0.2, 0) is 14.3 Å². The van der Waals surface area contributed by atoms with Crippen LogP contribution >= 0.6 is 0 Å². The highest BCUT2D eigenvalue weighted by Gasteiger charge is 2.43. The molecule has 0 amide bonds. The van der Waals surface area contributed by atoms with Crippen molar-refractivity contribution < 1.29 is 37.1 Å². The maximum atomic E-state index is 12.0. The number of carbonyl (C=O) groups excluding carboxylic acids is 1. The van der Waals surface area contributed by atoms with E-state index in [4.69, 9.17) is 5.11 Å². The van der Waals surface area contributed by atoms with Crippen LogP contribution in [0, 0.1) is 0 Å². The van der Waals surface area contributed by atoms with Crippen LogP contribution < -0.4 is 0 Å². The second-order valence-corrected chi connectivity index (χ2v) is 4.60. The monoisotopic (exact) mass is 258 g/mol. The molecule has 0 saturated carbocycles. The van der Waals surface area contributed by atoms with E-state index in [2.05, 4.69) is 4.74 Å². The molecule has 0 radical (unpaired) electrons. The minimum absolute atomic E-state index is 0.0197. The fraction of sp³-hybridized carbons (Fsp3) is 0.778. The molecule has 0 aromatic heterocycles. The van der Waals surface area contributed by atoms with Gasteiger partial charge >= 0.3 is 18.1 Å². The molecule has 5 nitrogen and oxygen atoms in total. The average Bonchev–Trinajstić information content (AvgIpc) is 1.96. The Morgan fingerprint density at radius 1 is 1.29 bits per heavy atom. The van der Waals surface area contributed by atoms with Crippen LogP contribution in [0.4, 0.5) is 13.2 Å². The first-order valence-corrected chi connectivity index (χ1v) is 4.72. The van der Waals surface area contributed by atoms with Crippen molar-refractivity contribution in [2.24, 2.45) is 0 Å². The Balaban J connectivity index is 4.60. The molecule has 8 heteroatoms. The number of hydrogen-bond acceptors (Lipinski definition) is 3. The van der Waals surface area contributed by atoms with Gasteiger partial charge in [-0.15, -0.1) is 0 Å². The van der Waals surface area contributed by atoms with Crippen molar-refractivity contribution in [2.45, 2.75) is 18.7 Å². The molecule has 0 spiro atoms. The lowest BCUT2D eigenvalue weighted by Crippen LogP contribution is -2.45. The molecule has 0 unspecified atom stereocenters. The van der Waals surface area contributed by atoms with Gasteiger partial charge in [-0.1, -0.05) is 0 Å². The first kappa shape index (κ1) is 15.7. The molecule has 0 saturated heterocycles. The number of alkyl halides is 3. The number of carboxylic acid groups (broad SMARTS) is 1. The van der Waals surface area contributed by atoms with Crippen LogP contribution in [0.1, 0.15) is 6.42 Å². The Labute approximate surface area is 96.4 Å². The summed E-state index contributed by atoms with van der Waals surface area (Å²) in [7, 11) is 4.95. The van der Waals surface area contributed by atoms with Crippen LogP contribution in [0.25, 0.3) is 0 Å². The Kier molecular flexibility index (Phi) is 4.94. The molecule has 0 rings (SSSR count). The van der Waals surface area contributed by atoms with Crippen LogP contribution in [0.5, 0.6) is 0 Å². The number of quaternary nitrogens is 1. The largest absolute Gasteiger partial charge is 0.490 e. The second-order valence-electron chi connectivity index (χ2n) is 4.60. The minimum atomic E-state index is -5.11. The summed E-state index contributed by atoms with van der Waals surface area (Å²) < 4.78 is 40.2. The molecule has 0 aromatic carbocycles. The maximum Gasteiger partial charge on any atom is 0.490 e. The fourth-order valence-corrected chi connectivity index (χ4v) is 1.17. The number of nitrogens with zero attached hydrogens (tertiary/aromatic N) is 1. The van der Waals surface area contributed by atoms with Crippen molar-refractivity contribution in [3.05, 3.63) is 0 Å². The molecule has 1 atom stereocenters. The summed E-state index contributed by atoms with van der Waals surface area (Å²) in [6, 6.07) is 0. The first-order chi connectivity index (χ1) is 7.42. The van der Waals surface area contributed by atoms with Gasteiger partial charge in [0.25, 0.3) is 0 Å². The van der Waals surface area contributed by atoms with Crippen molar-refractivity contribution in [2.75, 3.05) is 27.7 Å². The maximum absolute atomic E-state index is 12.0. The third-order valence-electron chi connectivity index (χ3n) is 1.66. The van der Waals surface area contributed by atoms with E-state index >= 15 is 0 Å². The van der Waals surface area contributed by atoms with E-state index < -0.39 is 30.6 Å². The lowest BCUT2D eigenvalue weighted by atomic mass is 10.2. The third-order valence-corrected chi connectivity index (χ3v) is 1.66. The average molecular weight is 258 g/mol. The number of carboxylic acids is 1. The van der Waals surface area contributed by atoms with Crippen LogP contribution in [0.15, 0.2) is 0 Å². The van der Waals surface area contributed by atoms with Crippen LogP contribution in [0.2, 0.25) is 0 Å². The second kappa shape index (κ2) is 5.35. The van der Waals surface area contributed by atoms with Crippen molar-refractivity contribution >= 4 is 11.9 Å². The van der Waals surface area contributed by atoms with E-state index in [0.29, 0.717) is 0 Å². The summed E-state index contributed by atoms with van der Waals surface area (Å²) in [6.45, 7) is -0.0197. The summed E-state index contributed by atoms with van der Waals surface area (Å²) in [5, 5.41) is 8.52. The summed E-state index contributed by atoms with van der Waals surface area (Å²) in [4.78, 5) is 21.0. The highest BCUT2D eigenvalue weighted by Crippen LogP contribution is 2.19. The van der Waals surface area contributed by atoms with Gasteiger partial charge in [0.2, 0.25) is 0 Å². The number of likely N-dealkylation sites (N-methyl/N-ethyl adjacent to an activating group) is 1. The number of esters is 1. The summed E-state index contributed by atoms with van der Waals surface area (Å²) in [6.07, 6.45) is -7.07. The molecule has 0 aliphatic heterocycles. The quantitative estimate of drug-likeness (QED) is 0.580. The molecular weight excluding hydrogens is 243 g/mol. The van der Waals surface area contributed by atoms with E-state index in [1.165, 1.54) is 0 Å². The van der Waals surface area contributed by atoms with Gasteiger partial charge in [0.05, 0.1) is 27.6 Å². The number of carbonyl (C=O) groups is 2. The van der Waals surface area contributed by atoms with Crippen molar-refractivity contribution in [1.82, 2.24) is 0 Å². The number of halogens is 3. The Bertz CT molecular complexity index is 296. The summed E-state index contributed by atoms with van der Waals surface area (Å²) in [5.41, 5.74) is 0. The lowest BCUT2D eigenvalue weighted by molar-refractivity contribution is -0.873. The van der Waals surface area contributed by atoms with Gasteiger partial charge < -0.3 is 14.3 Å². The Morgan fingerprint density at radius 3 is 2.06 bits per heavy atom. The Hall–Kier alpha value is -1.31. The highest BCUT2D eigenvalue weighted by molar-refractivity contribution is 5.76. The van der Waals surface area contributed by atoms with Gasteiger partial charge in [-0.2, -0.15) is 13.2 Å². The molecule has 0 heterocycles. The van der Waals surface area contributed by atoms with E-state index in [1.807, 2.05) is 0 Å². The first-order valence-electron chi connectivity index (χ1n) is 4.72. The van der Waals surface area contributed by atoms with E-state index in [-0.39, 0.29) is 11.0 Å². The molecule has 0 aliphatic rings. The van der Waals surface area contributed by atoms with Gasteiger partial charge in [0.1, 0.15) is 6.54 Å². The third kappa shape index (κ3) is 7.56. The van der Waals surface area contributed by atoms with Gasteiger partial charge in [-0.25, -0.2) is 4.79 Å². The topological polar surface area (TPSA) is 63.6 Å². The van der Waals surface area contributed by atoms with E-state index in [0.717, 1.165) is 0 Å².